The fraction of sp³-hybridized carbons (Fsp3) is 0.444. The normalized spacial score (nSPS) is 28.5. The van der Waals surface area contributed by atoms with E-state index < -0.39 is 0 Å². The highest BCUT2D eigenvalue weighted by atomic mass is 32.2. The SMILES string of the molecule is O=C(c1cccc2ncccc12)C1CC2CCCC(C1)S2. The Kier molecular flexibility index (Phi) is 3.46. The molecule has 0 N–H and O–H groups in total. The van der Waals surface area contributed by atoms with Crippen molar-refractivity contribution in [2.24, 2.45) is 5.92 Å². The number of ketones is 1. The van der Waals surface area contributed by atoms with Gasteiger partial charge in [-0.25, -0.2) is 0 Å². The number of aromatic nitrogens is 1. The minimum atomic E-state index is 0.215. The van der Waals surface area contributed by atoms with Crippen LogP contribution in [0.25, 0.3) is 10.9 Å². The van der Waals surface area contributed by atoms with Crippen molar-refractivity contribution >= 4 is 28.4 Å². The van der Waals surface area contributed by atoms with Gasteiger partial charge in [-0.3, -0.25) is 9.78 Å². The van der Waals surface area contributed by atoms with E-state index in [1.54, 1.807) is 6.20 Å². The highest BCUT2D eigenvalue weighted by Gasteiger charge is 2.36. The molecule has 0 spiro atoms. The Bertz CT molecular complexity index is 666. The molecule has 2 fully saturated rings. The van der Waals surface area contributed by atoms with Gasteiger partial charge in [0.05, 0.1) is 5.52 Å². The van der Waals surface area contributed by atoms with E-state index in [0.717, 1.165) is 29.3 Å². The van der Waals surface area contributed by atoms with Crippen LogP contribution < -0.4 is 0 Å². The van der Waals surface area contributed by atoms with E-state index >= 15 is 0 Å². The number of pyridine rings is 1. The van der Waals surface area contributed by atoms with Crippen molar-refractivity contribution < 1.29 is 4.79 Å². The molecule has 3 heteroatoms. The summed E-state index contributed by atoms with van der Waals surface area (Å²) in [6, 6.07) is 9.86. The van der Waals surface area contributed by atoms with Crippen molar-refractivity contribution in [3.8, 4) is 0 Å². The Morgan fingerprint density at radius 2 is 1.90 bits per heavy atom. The van der Waals surface area contributed by atoms with Crippen LogP contribution in [0.3, 0.4) is 0 Å². The average Bonchev–Trinajstić information content (AvgIpc) is 2.53. The summed E-state index contributed by atoms with van der Waals surface area (Å²) in [4.78, 5) is 17.4. The topological polar surface area (TPSA) is 30.0 Å². The van der Waals surface area contributed by atoms with Crippen LogP contribution in [0.5, 0.6) is 0 Å². The predicted octanol–water partition coefficient (Wildman–Crippen LogP) is 4.48. The summed E-state index contributed by atoms with van der Waals surface area (Å²) in [6.45, 7) is 0. The lowest BCUT2D eigenvalue weighted by atomic mass is 9.83. The molecule has 2 aromatic rings. The first-order valence-electron chi connectivity index (χ1n) is 7.84. The van der Waals surface area contributed by atoms with E-state index in [9.17, 15) is 4.79 Å². The molecule has 1 aromatic heterocycles. The number of thioether (sulfide) groups is 1. The molecule has 0 saturated carbocycles. The Morgan fingerprint density at radius 3 is 2.71 bits per heavy atom. The van der Waals surface area contributed by atoms with Crippen molar-refractivity contribution in [2.45, 2.75) is 42.6 Å². The summed E-state index contributed by atoms with van der Waals surface area (Å²) in [7, 11) is 0. The van der Waals surface area contributed by atoms with Crippen LogP contribution in [0.4, 0.5) is 0 Å². The van der Waals surface area contributed by atoms with Crippen molar-refractivity contribution in [1.82, 2.24) is 4.98 Å². The Hall–Kier alpha value is -1.35. The average molecular weight is 297 g/mol. The molecule has 2 unspecified atom stereocenters. The van der Waals surface area contributed by atoms with E-state index in [1.165, 1.54) is 19.3 Å². The standard InChI is InChI=1S/C18H19NOS/c20-18(12-10-13-4-1-5-14(11-12)21-13)16-6-2-8-17-15(16)7-3-9-19-17/h2-3,6-9,12-14H,1,4-5,10-11H2. The lowest BCUT2D eigenvalue weighted by Crippen LogP contribution is -2.33. The van der Waals surface area contributed by atoms with Crippen LogP contribution in [0, 0.1) is 5.92 Å². The summed E-state index contributed by atoms with van der Waals surface area (Å²) in [5.41, 5.74) is 1.80. The first kappa shape index (κ1) is 13.3. The second kappa shape index (κ2) is 5.45. The molecule has 2 aliphatic heterocycles. The third kappa shape index (κ3) is 2.48. The molecule has 0 aliphatic carbocycles. The number of hydrogen-bond donors (Lipinski definition) is 0. The van der Waals surface area contributed by atoms with Gasteiger partial charge in [0, 0.05) is 33.6 Å². The van der Waals surface area contributed by atoms with Crippen LogP contribution >= 0.6 is 11.8 Å². The lowest BCUT2D eigenvalue weighted by Gasteiger charge is -2.38. The number of carbonyl (C=O) groups is 1. The summed E-state index contributed by atoms with van der Waals surface area (Å²) in [6.07, 6.45) is 7.86. The Morgan fingerprint density at radius 1 is 1.10 bits per heavy atom. The Labute approximate surface area is 129 Å². The molecule has 2 saturated heterocycles. The summed E-state index contributed by atoms with van der Waals surface area (Å²) in [5.74, 6) is 0.554. The maximum atomic E-state index is 13.0. The van der Waals surface area contributed by atoms with Crippen LogP contribution in [0.2, 0.25) is 0 Å². The minimum Gasteiger partial charge on any atom is -0.294 e. The maximum Gasteiger partial charge on any atom is 0.166 e. The molecule has 0 amide bonds. The zero-order chi connectivity index (χ0) is 14.2. The Balaban J connectivity index is 1.67. The van der Waals surface area contributed by atoms with Gasteiger partial charge in [0.25, 0.3) is 0 Å². The van der Waals surface area contributed by atoms with Gasteiger partial charge < -0.3 is 0 Å². The number of Topliss-reactive ketones (excluding diaryl/α,β-unsaturated/α-hetero) is 1. The quantitative estimate of drug-likeness (QED) is 0.765. The third-order valence-corrected chi connectivity index (χ3v) is 6.44. The van der Waals surface area contributed by atoms with Gasteiger partial charge in [-0.1, -0.05) is 24.6 Å². The predicted molar refractivity (Wildman–Crippen MR) is 87.8 cm³/mol. The lowest BCUT2D eigenvalue weighted by molar-refractivity contribution is 0.0898. The van der Waals surface area contributed by atoms with Gasteiger partial charge in [-0.15, -0.1) is 0 Å². The smallest absolute Gasteiger partial charge is 0.166 e. The van der Waals surface area contributed by atoms with Crippen molar-refractivity contribution in [3.05, 3.63) is 42.1 Å². The molecule has 2 bridgehead atoms. The van der Waals surface area contributed by atoms with Crippen molar-refractivity contribution in [1.29, 1.82) is 0 Å². The molecule has 1 aromatic carbocycles. The molecule has 4 rings (SSSR count). The summed E-state index contributed by atoms with van der Waals surface area (Å²) >= 11 is 2.13. The van der Waals surface area contributed by atoms with Gasteiger partial charge in [-0.2, -0.15) is 11.8 Å². The van der Waals surface area contributed by atoms with Crippen molar-refractivity contribution in [3.63, 3.8) is 0 Å². The second-order valence-electron chi connectivity index (χ2n) is 6.22. The number of rotatable bonds is 2. The maximum absolute atomic E-state index is 13.0. The second-order valence-corrected chi connectivity index (χ2v) is 7.82. The first-order valence-corrected chi connectivity index (χ1v) is 8.79. The molecule has 21 heavy (non-hydrogen) atoms. The molecular formula is C18H19NOS. The van der Waals surface area contributed by atoms with E-state index in [0.29, 0.717) is 16.3 Å². The molecule has 0 radical (unpaired) electrons. The van der Waals surface area contributed by atoms with E-state index in [2.05, 4.69) is 16.7 Å². The summed E-state index contributed by atoms with van der Waals surface area (Å²) < 4.78 is 0. The van der Waals surface area contributed by atoms with Gasteiger partial charge in [0.15, 0.2) is 5.78 Å². The zero-order valence-electron chi connectivity index (χ0n) is 12.0. The van der Waals surface area contributed by atoms with Gasteiger partial charge >= 0.3 is 0 Å². The van der Waals surface area contributed by atoms with E-state index in [1.807, 2.05) is 30.3 Å². The molecule has 3 heterocycles. The zero-order valence-corrected chi connectivity index (χ0v) is 12.8. The highest BCUT2D eigenvalue weighted by Crippen LogP contribution is 2.44. The molecule has 2 aliphatic rings. The van der Waals surface area contributed by atoms with Gasteiger partial charge in [-0.05, 0) is 37.8 Å². The highest BCUT2D eigenvalue weighted by molar-refractivity contribution is 8.00. The largest absolute Gasteiger partial charge is 0.294 e. The molecule has 2 atom stereocenters. The fourth-order valence-corrected chi connectivity index (χ4v) is 5.65. The van der Waals surface area contributed by atoms with Crippen LogP contribution in [-0.4, -0.2) is 21.3 Å². The van der Waals surface area contributed by atoms with E-state index in [-0.39, 0.29) is 5.92 Å². The minimum absolute atomic E-state index is 0.215. The number of carbonyl (C=O) groups excluding carboxylic acids is 1. The molecule has 108 valence electrons. The fourth-order valence-electron chi connectivity index (χ4n) is 3.81. The number of fused-ring (bicyclic) bond motifs is 3. The van der Waals surface area contributed by atoms with Crippen LogP contribution in [0.1, 0.15) is 42.5 Å². The van der Waals surface area contributed by atoms with Gasteiger partial charge in [0.1, 0.15) is 0 Å². The van der Waals surface area contributed by atoms with Crippen LogP contribution in [0.15, 0.2) is 36.5 Å². The van der Waals surface area contributed by atoms with Gasteiger partial charge in [0.2, 0.25) is 0 Å². The number of hydrogen-bond acceptors (Lipinski definition) is 3. The number of benzene rings is 1. The monoisotopic (exact) mass is 297 g/mol. The number of nitrogens with zero attached hydrogens (tertiary/aromatic N) is 1. The van der Waals surface area contributed by atoms with Crippen LogP contribution in [-0.2, 0) is 0 Å². The van der Waals surface area contributed by atoms with Crippen molar-refractivity contribution in [2.75, 3.05) is 0 Å². The summed E-state index contributed by atoms with van der Waals surface area (Å²) in [5, 5.41) is 2.42. The third-order valence-electron chi connectivity index (χ3n) is 4.81. The molecule has 2 nitrogen and oxygen atoms in total. The van der Waals surface area contributed by atoms with E-state index in [4.69, 9.17) is 0 Å². The molecular weight excluding hydrogens is 278 g/mol. The first-order chi connectivity index (χ1) is 10.3.